The van der Waals surface area contributed by atoms with Crippen molar-refractivity contribution in [2.45, 2.75) is 58.0 Å². The Morgan fingerprint density at radius 3 is 2.11 bits per heavy atom. The molecule has 224 valence electrons. The van der Waals surface area contributed by atoms with E-state index in [1.54, 1.807) is 45.0 Å². The Morgan fingerprint density at radius 1 is 0.864 bits per heavy atom. The quantitative estimate of drug-likeness (QED) is 0.188. The number of benzene rings is 4. The minimum Gasteiger partial charge on any atom is -0.436 e. The summed E-state index contributed by atoms with van der Waals surface area (Å²) in [5.74, 6) is -0.637. The van der Waals surface area contributed by atoms with Crippen molar-refractivity contribution in [1.29, 1.82) is 0 Å². The molecule has 0 spiro atoms. The Labute approximate surface area is 257 Å². The van der Waals surface area contributed by atoms with E-state index in [2.05, 4.69) is 4.98 Å². The van der Waals surface area contributed by atoms with Crippen LogP contribution >= 0.6 is 0 Å². The van der Waals surface area contributed by atoms with E-state index < -0.39 is 33.9 Å². The van der Waals surface area contributed by atoms with Crippen LogP contribution in [0.25, 0.3) is 22.6 Å². The van der Waals surface area contributed by atoms with Crippen LogP contribution < -0.4 is 4.90 Å². The fourth-order valence-corrected chi connectivity index (χ4v) is 8.38. The molecule has 44 heavy (non-hydrogen) atoms. The molecule has 2 atom stereocenters. The third-order valence-corrected chi connectivity index (χ3v) is 10.8. The third-order valence-electron chi connectivity index (χ3n) is 8.59. The molecule has 1 aromatic heterocycles. The topological polar surface area (TPSA) is 101 Å². The van der Waals surface area contributed by atoms with Crippen molar-refractivity contribution in [3.8, 4) is 11.5 Å². The standard InChI is InChI=1S/C35H33N3O5S/c1-21-19-22(2)24(4)33(23(21)3)44(41,42)38(25(5)26-11-7-6-8-12-26)30-20-32(39)37(35(30)40)28-17-15-27(16-18-28)34-36-29-13-9-10-14-31(29)43-34/h6-19,25,30H,20H2,1-5H3. The number of amides is 2. The summed E-state index contributed by atoms with van der Waals surface area (Å²) in [5, 5.41) is 0. The third kappa shape index (κ3) is 4.92. The first-order valence-corrected chi connectivity index (χ1v) is 15.9. The fourth-order valence-electron chi connectivity index (χ4n) is 6.03. The second kappa shape index (κ2) is 11.2. The fraction of sp³-hybridized carbons (Fsp3) is 0.229. The number of aryl methyl sites for hydroxylation is 2. The number of hydrogen-bond acceptors (Lipinski definition) is 6. The Balaban J connectivity index is 1.39. The highest BCUT2D eigenvalue weighted by atomic mass is 32.2. The van der Waals surface area contributed by atoms with Gasteiger partial charge in [0.15, 0.2) is 5.58 Å². The van der Waals surface area contributed by atoms with E-state index in [1.807, 2.05) is 74.5 Å². The van der Waals surface area contributed by atoms with Crippen LogP contribution in [-0.2, 0) is 19.6 Å². The summed E-state index contributed by atoms with van der Waals surface area (Å²) in [6.07, 6.45) is -0.273. The van der Waals surface area contributed by atoms with Gasteiger partial charge in [0.05, 0.1) is 17.0 Å². The molecule has 0 N–H and O–H groups in total. The summed E-state index contributed by atoms with van der Waals surface area (Å²) in [5.41, 5.74) is 6.07. The van der Waals surface area contributed by atoms with E-state index in [4.69, 9.17) is 4.42 Å². The van der Waals surface area contributed by atoms with Crippen LogP contribution in [0.15, 0.2) is 94.2 Å². The van der Waals surface area contributed by atoms with E-state index in [1.165, 1.54) is 4.31 Å². The maximum absolute atomic E-state index is 14.7. The number of oxazole rings is 1. The molecule has 0 saturated carbocycles. The van der Waals surface area contributed by atoms with Crippen LogP contribution in [0.4, 0.5) is 5.69 Å². The van der Waals surface area contributed by atoms with Crippen molar-refractivity contribution in [3.63, 3.8) is 0 Å². The van der Waals surface area contributed by atoms with Gasteiger partial charge in [-0.3, -0.25) is 9.59 Å². The molecule has 0 bridgehead atoms. The predicted octanol–water partition coefficient (Wildman–Crippen LogP) is 6.81. The molecule has 6 rings (SSSR count). The van der Waals surface area contributed by atoms with E-state index in [9.17, 15) is 18.0 Å². The van der Waals surface area contributed by atoms with Gasteiger partial charge >= 0.3 is 0 Å². The molecule has 9 heteroatoms. The Hall–Kier alpha value is -4.60. The molecule has 2 heterocycles. The number of aromatic nitrogens is 1. The highest BCUT2D eigenvalue weighted by Crippen LogP contribution is 2.39. The lowest BCUT2D eigenvalue weighted by Crippen LogP contribution is -2.47. The summed E-state index contributed by atoms with van der Waals surface area (Å²) >= 11 is 0. The van der Waals surface area contributed by atoms with Crippen LogP contribution in [-0.4, -0.2) is 35.6 Å². The molecule has 1 aliphatic rings. The number of anilines is 1. The van der Waals surface area contributed by atoms with Crippen LogP contribution in [0, 0.1) is 27.7 Å². The van der Waals surface area contributed by atoms with Crippen molar-refractivity contribution in [2.75, 3.05) is 4.90 Å². The second-order valence-electron chi connectivity index (χ2n) is 11.3. The van der Waals surface area contributed by atoms with E-state index in [0.29, 0.717) is 33.9 Å². The first-order chi connectivity index (χ1) is 21.0. The predicted molar refractivity (Wildman–Crippen MR) is 170 cm³/mol. The van der Waals surface area contributed by atoms with Gasteiger partial charge in [-0.15, -0.1) is 0 Å². The van der Waals surface area contributed by atoms with Gasteiger partial charge in [0.1, 0.15) is 11.6 Å². The molecule has 1 aliphatic heterocycles. The van der Waals surface area contributed by atoms with E-state index >= 15 is 0 Å². The molecular formula is C35H33N3O5S. The second-order valence-corrected chi connectivity index (χ2v) is 13.1. The number of nitrogens with zero attached hydrogens (tertiary/aromatic N) is 3. The van der Waals surface area contributed by atoms with Gasteiger partial charge in [-0.25, -0.2) is 18.3 Å². The number of para-hydroxylation sites is 2. The van der Waals surface area contributed by atoms with Gasteiger partial charge in [0, 0.05) is 11.6 Å². The first-order valence-electron chi connectivity index (χ1n) is 14.5. The normalized spacial score (nSPS) is 16.3. The van der Waals surface area contributed by atoms with Gasteiger partial charge in [-0.05, 0) is 98.8 Å². The summed E-state index contributed by atoms with van der Waals surface area (Å²) in [6.45, 7) is 9.08. The number of fused-ring (bicyclic) bond motifs is 1. The molecule has 0 radical (unpaired) electrons. The average Bonchev–Trinajstić information content (AvgIpc) is 3.57. The van der Waals surface area contributed by atoms with E-state index in [0.717, 1.165) is 27.1 Å². The minimum atomic E-state index is -4.24. The lowest BCUT2D eigenvalue weighted by atomic mass is 10.0. The average molecular weight is 608 g/mol. The minimum absolute atomic E-state index is 0.180. The number of sulfonamides is 1. The number of carbonyl (C=O) groups is 2. The molecule has 2 amide bonds. The number of carbonyl (C=O) groups excluding carboxylic acids is 2. The van der Waals surface area contributed by atoms with Crippen LogP contribution in [0.2, 0.25) is 0 Å². The maximum Gasteiger partial charge on any atom is 0.252 e. The van der Waals surface area contributed by atoms with Crippen molar-refractivity contribution < 1.29 is 22.4 Å². The molecule has 2 unspecified atom stereocenters. The number of hydrogen-bond donors (Lipinski definition) is 0. The molecule has 8 nitrogen and oxygen atoms in total. The lowest BCUT2D eigenvalue weighted by molar-refractivity contribution is -0.122. The molecule has 1 saturated heterocycles. The van der Waals surface area contributed by atoms with Crippen LogP contribution in [0.5, 0.6) is 0 Å². The van der Waals surface area contributed by atoms with Gasteiger partial charge in [-0.1, -0.05) is 48.5 Å². The number of imide groups is 1. The largest absolute Gasteiger partial charge is 0.436 e. The molecule has 5 aromatic rings. The highest BCUT2D eigenvalue weighted by Gasteiger charge is 2.49. The van der Waals surface area contributed by atoms with E-state index in [-0.39, 0.29) is 11.3 Å². The SMILES string of the molecule is Cc1cc(C)c(C)c(S(=O)(=O)N(C2CC(=O)N(c3ccc(-c4nc5ccccc5o4)cc3)C2=O)C(C)c2ccccc2)c1C. The van der Waals surface area contributed by atoms with Crippen molar-refractivity contribution in [3.05, 3.63) is 113 Å². The van der Waals surface area contributed by atoms with Gasteiger partial charge in [0.25, 0.3) is 5.91 Å². The Morgan fingerprint density at radius 2 is 1.48 bits per heavy atom. The van der Waals surface area contributed by atoms with Gasteiger partial charge < -0.3 is 4.42 Å². The van der Waals surface area contributed by atoms with Gasteiger partial charge in [-0.2, -0.15) is 4.31 Å². The van der Waals surface area contributed by atoms with Crippen molar-refractivity contribution in [1.82, 2.24) is 9.29 Å². The first kappa shape index (κ1) is 29.5. The summed E-state index contributed by atoms with van der Waals surface area (Å²) < 4.78 is 36.5. The Kier molecular flexibility index (Phi) is 7.47. The van der Waals surface area contributed by atoms with Gasteiger partial charge in [0.2, 0.25) is 21.8 Å². The molecule has 1 fully saturated rings. The Bertz CT molecular complexity index is 1960. The molecule has 4 aromatic carbocycles. The molecule has 0 aliphatic carbocycles. The zero-order chi connectivity index (χ0) is 31.3. The zero-order valence-corrected chi connectivity index (χ0v) is 26.1. The highest BCUT2D eigenvalue weighted by molar-refractivity contribution is 7.89. The zero-order valence-electron chi connectivity index (χ0n) is 25.2. The number of rotatable bonds is 7. The lowest BCUT2D eigenvalue weighted by Gasteiger charge is -2.34. The molecular weight excluding hydrogens is 574 g/mol. The summed E-state index contributed by atoms with van der Waals surface area (Å²) in [4.78, 5) is 33.4. The van der Waals surface area contributed by atoms with Crippen LogP contribution in [0.3, 0.4) is 0 Å². The summed E-state index contributed by atoms with van der Waals surface area (Å²) in [6, 6.07) is 23.4. The maximum atomic E-state index is 14.7. The van der Waals surface area contributed by atoms with Crippen molar-refractivity contribution >= 4 is 38.6 Å². The monoisotopic (exact) mass is 607 g/mol. The van der Waals surface area contributed by atoms with Crippen molar-refractivity contribution in [2.24, 2.45) is 0 Å². The summed E-state index contributed by atoms with van der Waals surface area (Å²) in [7, 11) is -4.24. The van der Waals surface area contributed by atoms with Crippen LogP contribution in [0.1, 0.15) is 47.2 Å². The smallest absolute Gasteiger partial charge is 0.252 e.